The molecule has 0 atom stereocenters. The summed E-state index contributed by atoms with van der Waals surface area (Å²) in [5.74, 6) is 0. The number of oxime groups is 1. The molecule has 16 heavy (non-hydrogen) atoms. The van der Waals surface area contributed by atoms with Crippen LogP contribution in [0, 0.1) is 6.92 Å². The van der Waals surface area contributed by atoms with E-state index in [0.717, 1.165) is 22.5 Å². The van der Waals surface area contributed by atoms with Gasteiger partial charge in [0.25, 0.3) is 0 Å². The Bertz CT molecular complexity index is 523. The van der Waals surface area contributed by atoms with E-state index < -0.39 is 0 Å². The lowest BCUT2D eigenvalue weighted by molar-refractivity contribution is 0.322. The molecule has 0 spiro atoms. The summed E-state index contributed by atoms with van der Waals surface area (Å²) < 4.78 is 0. The molecule has 0 bridgehead atoms. The second kappa shape index (κ2) is 4.53. The molecule has 1 N–H and O–H groups in total. The molecule has 0 saturated heterocycles. The molecule has 0 fully saturated rings. The van der Waals surface area contributed by atoms with Crippen molar-refractivity contribution in [2.24, 2.45) is 5.16 Å². The van der Waals surface area contributed by atoms with Gasteiger partial charge in [0.2, 0.25) is 0 Å². The molecule has 0 amide bonds. The smallest absolute Gasteiger partial charge is 0.0892 e. The second-order valence-corrected chi connectivity index (χ2v) is 3.44. The van der Waals surface area contributed by atoms with E-state index in [1.165, 1.54) is 6.21 Å². The maximum absolute atomic E-state index is 8.46. The first-order chi connectivity index (χ1) is 7.79. The number of hydrogen-bond donors (Lipinski definition) is 1. The zero-order valence-corrected chi connectivity index (χ0v) is 8.83. The molecule has 0 radical (unpaired) electrons. The standard InChI is InChI=1S/C12H11N3O/c1-9-2-4-13-11(6-9)12-7-10(8-15-16)3-5-14-12/h2-8,16H,1H3. The molecule has 2 aromatic rings. The summed E-state index contributed by atoms with van der Waals surface area (Å²) in [6.07, 6.45) is 4.77. The lowest BCUT2D eigenvalue weighted by Crippen LogP contribution is -1.90. The Morgan fingerprint density at radius 3 is 2.50 bits per heavy atom. The number of nitrogens with zero attached hydrogens (tertiary/aromatic N) is 3. The lowest BCUT2D eigenvalue weighted by atomic mass is 10.1. The average Bonchev–Trinajstić information content (AvgIpc) is 2.30. The van der Waals surface area contributed by atoms with Crippen molar-refractivity contribution in [3.63, 3.8) is 0 Å². The van der Waals surface area contributed by atoms with E-state index in [2.05, 4.69) is 15.1 Å². The molecular weight excluding hydrogens is 202 g/mol. The minimum absolute atomic E-state index is 0.765. The highest BCUT2D eigenvalue weighted by atomic mass is 16.4. The predicted octanol–water partition coefficient (Wildman–Crippen LogP) is 2.26. The summed E-state index contributed by atoms with van der Waals surface area (Å²) in [5, 5.41) is 11.4. The van der Waals surface area contributed by atoms with Crippen molar-refractivity contribution in [3.8, 4) is 11.4 Å². The Kier molecular flexibility index (Phi) is 2.91. The van der Waals surface area contributed by atoms with Gasteiger partial charge >= 0.3 is 0 Å². The molecule has 0 aliphatic heterocycles. The quantitative estimate of drug-likeness (QED) is 0.473. The van der Waals surface area contributed by atoms with Gasteiger partial charge in [0.1, 0.15) is 0 Å². The molecular formula is C12H11N3O. The summed E-state index contributed by atoms with van der Waals surface area (Å²) in [5.41, 5.74) is 3.50. The van der Waals surface area contributed by atoms with Crippen LogP contribution in [-0.2, 0) is 0 Å². The first-order valence-electron chi connectivity index (χ1n) is 4.86. The fourth-order valence-electron chi connectivity index (χ4n) is 1.41. The molecule has 80 valence electrons. The Hall–Kier alpha value is -2.23. The van der Waals surface area contributed by atoms with Crippen molar-refractivity contribution < 1.29 is 5.21 Å². The van der Waals surface area contributed by atoms with Gasteiger partial charge in [-0.05, 0) is 42.3 Å². The first-order valence-corrected chi connectivity index (χ1v) is 4.86. The van der Waals surface area contributed by atoms with E-state index in [9.17, 15) is 0 Å². The first kappa shape index (κ1) is 10.3. The van der Waals surface area contributed by atoms with Gasteiger partial charge in [0.05, 0.1) is 17.6 Å². The van der Waals surface area contributed by atoms with E-state index in [1.54, 1.807) is 18.5 Å². The van der Waals surface area contributed by atoms with Crippen molar-refractivity contribution in [2.75, 3.05) is 0 Å². The van der Waals surface area contributed by atoms with Crippen molar-refractivity contribution in [3.05, 3.63) is 47.8 Å². The Morgan fingerprint density at radius 2 is 1.81 bits per heavy atom. The van der Waals surface area contributed by atoms with E-state index in [-0.39, 0.29) is 0 Å². The summed E-state index contributed by atoms with van der Waals surface area (Å²) in [7, 11) is 0. The molecule has 2 heterocycles. The van der Waals surface area contributed by atoms with Crippen molar-refractivity contribution in [1.29, 1.82) is 0 Å². The predicted molar refractivity (Wildman–Crippen MR) is 61.6 cm³/mol. The summed E-state index contributed by atoms with van der Waals surface area (Å²) in [4.78, 5) is 8.47. The molecule has 0 aliphatic rings. The van der Waals surface area contributed by atoms with Crippen LogP contribution in [0.5, 0.6) is 0 Å². The van der Waals surface area contributed by atoms with Gasteiger partial charge in [-0.25, -0.2) is 0 Å². The summed E-state index contributed by atoms with van der Waals surface area (Å²) in [6.45, 7) is 2.00. The third-order valence-electron chi connectivity index (χ3n) is 2.17. The molecule has 4 nitrogen and oxygen atoms in total. The lowest BCUT2D eigenvalue weighted by Gasteiger charge is -2.01. The van der Waals surface area contributed by atoms with Crippen LogP contribution in [0.25, 0.3) is 11.4 Å². The van der Waals surface area contributed by atoms with Crippen molar-refractivity contribution in [2.45, 2.75) is 6.92 Å². The zero-order valence-electron chi connectivity index (χ0n) is 8.83. The second-order valence-electron chi connectivity index (χ2n) is 3.44. The zero-order chi connectivity index (χ0) is 11.4. The minimum atomic E-state index is 0.765. The normalized spacial score (nSPS) is 10.8. The Morgan fingerprint density at radius 1 is 1.12 bits per heavy atom. The average molecular weight is 213 g/mol. The highest BCUT2D eigenvalue weighted by Gasteiger charge is 2.01. The number of pyridine rings is 2. The Labute approximate surface area is 93.3 Å². The van der Waals surface area contributed by atoms with Gasteiger partial charge in [-0.15, -0.1) is 0 Å². The molecule has 0 unspecified atom stereocenters. The van der Waals surface area contributed by atoms with Gasteiger partial charge in [0.15, 0.2) is 0 Å². The maximum atomic E-state index is 8.46. The van der Waals surface area contributed by atoms with Crippen molar-refractivity contribution >= 4 is 6.21 Å². The van der Waals surface area contributed by atoms with Crippen LogP contribution in [0.15, 0.2) is 41.8 Å². The van der Waals surface area contributed by atoms with Crippen molar-refractivity contribution in [1.82, 2.24) is 9.97 Å². The number of hydrogen-bond acceptors (Lipinski definition) is 4. The van der Waals surface area contributed by atoms with Gasteiger partial charge in [-0.2, -0.15) is 0 Å². The van der Waals surface area contributed by atoms with E-state index >= 15 is 0 Å². The number of rotatable bonds is 2. The number of aromatic nitrogens is 2. The minimum Gasteiger partial charge on any atom is -0.411 e. The maximum Gasteiger partial charge on any atom is 0.0892 e. The monoisotopic (exact) mass is 213 g/mol. The highest BCUT2D eigenvalue weighted by molar-refractivity contribution is 5.80. The van der Waals surface area contributed by atoms with Crippen LogP contribution in [0.2, 0.25) is 0 Å². The van der Waals surface area contributed by atoms with Crippen LogP contribution in [0.1, 0.15) is 11.1 Å². The third-order valence-corrected chi connectivity index (χ3v) is 2.17. The third kappa shape index (κ3) is 2.23. The topological polar surface area (TPSA) is 58.4 Å². The van der Waals surface area contributed by atoms with Gasteiger partial charge in [0, 0.05) is 12.4 Å². The van der Waals surface area contributed by atoms with E-state index in [4.69, 9.17) is 5.21 Å². The van der Waals surface area contributed by atoms with Crippen LogP contribution in [0.3, 0.4) is 0 Å². The van der Waals surface area contributed by atoms with E-state index in [0.29, 0.717) is 0 Å². The largest absolute Gasteiger partial charge is 0.411 e. The molecule has 0 saturated carbocycles. The highest BCUT2D eigenvalue weighted by Crippen LogP contribution is 2.15. The SMILES string of the molecule is Cc1ccnc(-c2cc(C=NO)ccn2)c1. The van der Waals surface area contributed by atoms with Crippen LogP contribution in [0.4, 0.5) is 0 Å². The number of aryl methyl sites for hydroxylation is 1. The Balaban J connectivity index is 2.44. The fourth-order valence-corrected chi connectivity index (χ4v) is 1.41. The molecule has 0 aliphatic carbocycles. The fraction of sp³-hybridized carbons (Fsp3) is 0.0833. The van der Waals surface area contributed by atoms with Crippen LogP contribution >= 0.6 is 0 Å². The van der Waals surface area contributed by atoms with Gasteiger partial charge < -0.3 is 5.21 Å². The molecule has 2 rings (SSSR count). The molecule has 0 aromatic carbocycles. The van der Waals surface area contributed by atoms with Gasteiger partial charge in [-0.1, -0.05) is 5.16 Å². The van der Waals surface area contributed by atoms with E-state index in [1.807, 2.05) is 25.1 Å². The molecule has 4 heteroatoms. The van der Waals surface area contributed by atoms with Crippen LogP contribution in [-0.4, -0.2) is 21.4 Å². The van der Waals surface area contributed by atoms with Crippen LogP contribution < -0.4 is 0 Å². The summed E-state index contributed by atoms with van der Waals surface area (Å²) in [6, 6.07) is 7.48. The van der Waals surface area contributed by atoms with Gasteiger partial charge in [-0.3, -0.25) is 9.97 Å². The summed E-state index contributed by atoms with van der Waals surface area (Å²) >= 11 is 0. The molecule has 2 aromatic heterocycles.